The van der Waals surface area contributed by atoms with E-state index < -0.39 is 0 Å². The minimum atomic E-state index is -0.300. The van der Waals surface area contributed by atoms with Crippen molar-refractivity contribution in [2.75, 3.05) is 18.5 Å². The Hall–Kier alpha value is -2.36. The van der Waals surface area contributed by atoms with Crippen LogP contribution in [0.1, 0.15) is 11.7 Å². The average Bonchev–Trinajstić information content (AvgIpc) is 2.48. The van der Waals surface area contributed by atoms with Gasteiger partial charge < -0.3 is 9.64 Å². The lowest BCUT2D eigenvalue weighted by atomic mass is 10.1. The van der Waals surface area contributed by atoms with Crippen LogP contribution in [-0.4, -0.2) is 25.0 Å². The summed E-state index contributed by atoms with van der Waals surface area (Å²) in [6, 6.07) is 15.4. The SMILES string of the molecule is CN(CC(OC=O)c1ccccc1)c1ccccn1. The van der Waals surface area contributed by atoms with Gasteiger partial charge in [0.05, 0.1) is 6.54 Å². The van der Waals surface area contributed by atoms with Crippen molar-refractivity contribution in [1.82, 2.24) is 4.98 Å². The summed E-state index contributed by atoms with van der Waals surface area (Å²) in [6.07, 6.45) is 1.44. The van der Waals surface area contributed by atoms with Crippen molar-refractivity contribution >= 4 is 12.3 Å². The molecule has 0 radical (unpaired) electrons. The molecule has 4 nitrogen and oxygen atoms in total. The van der Waals surface area contributed by atoms with E-state index in [4.69, 9.17) is 4.74 Å². The van der Waals surface area contributed by atoms with E-state index in [0.717, 1.165) is 11.4 Å². The number of likely N-dealkylation sites (N-methyl/N-ethyl adjacent to an activating group) is 1. The summed E-state index contributed by atoms with van der Waals surface area (Å²) in [5.74, 6) is 0.845. The second kappa shape index (κ2) is 6.54. The van der Waals surface area contributed by atoms with E-state index >= 15 is 0 Å². The molecule has 0 amide bonds. The van der Waals surface area contributed by atoms with E-state index in [0.29, 0.717) is 13.0 Å². The number of carbonyl (C=O) groups is 1. The van der Waals surface area contributed by atoms with Gasteiger partial charge in [0.1, 0.15) is 11.9 Å². The number of benzene rings is 1. The molecule has 1 aromatic carbocycles. The molecule has 1 aromatic heterocycles. The predicted molar refractivity (Wildman–Crippen MR) is 73.8 cm³/mol. The van der Waals surface area contributed by atoms with Crippen molar-refractivity contribution in [2.24, 2.45) is 0 Å². The Labute approximate surface area is 112 Å². The van der Waals surface area contributed by atoms with E-state index in [9.17, 15) is 4.79 Å². The zero-order chi connectivity index (χ0) is 13.5. The predicted octanol–water partition coefficient (Wildman–Crippen LogP) is 2.43. The van der Waals surface area contributed by atoms with Crippen LogP contribution in [-0.2, 0) is 9.53 Å². The Balaban J connectivity index is 2.11. The summed E-state index contributed by atoms with van der Waals surface area (Å²) in [4.78, 5) is 16.9. The van der Waals surface area contributed by atoms with E-state index in [2.05, 4.69) is 4.98 Å². The topological polar surface area (TPSA) is 42.4 Å². The standard InChI is InChI=1S/C15H16N2O2/c1-17(15-9-5-6-10-16-15)11-14(19-12-18)13-7-3-2-4-8-13/h2-10,12,14H,11H2,1H3. The van der Waals surface area contributed by atoms with Gasteiger partial charge in [-0.05, 0) is 17.7 Å². The summed E-state index contributed by atoms with van der Waals surface area (Å²) in [7, 11) is 1.92. The first kappa shape index (κ1) is 13.1. The zero-order valence-corrected chi connectivity index (χ0v) is 10.8. The molecule has 0 spiro atoms. The number of anilines is 1. The monoisotopic (exact) mass is 256 g/mol. The fourth-order valence-corrected chi connectivity index (χ4v) is 1.88. The molecule has 1 atom stereocenters. The van der Waals surface area contributed by atoms with Crippen LogP contribution in [0.15, 0.2) is 54.7 Å². The van der Waals surface area contributed by atoms with Crippen LogP contribution in [0.4, 0.5) is 5.82 Å². The van der Waals surface area contributed by atoms with Gasteiger partial charge in [-0.15, -0.1) is 0 Å². The van der Waals surface area contributed by atoms with Crippen molar-refractivity contribution in [3.8, 4) is 0 Å². The number of carbonyl (C=O) groups excluding carboxylic acids is 1. The summed E-state index contributed by atoms with van der Waals surface area (Å²) in [5, 5.41) is 0. The molecule has 1 heterocycles. The maximum Gasteiger partial charge on any atom is 0.293 e. The summed E-state index contributed by atoms with van der Waals surface area (Å²) < 4.78 is 5.17. The molecule has 0 aliphatic rings. The number of nitrogens with zero attached hydrogens (tertiary/aromatic N) is 2. The molecule has 2 rings (SSSR count). The van der Waals surface area contributed by atoms with E-state index in [-0.39, 0.29) is 6.10 Å². The molecule has 4 heteroatoms. The Morgan fingerprint density at radius 2 is 1.95 bits per heavy atom. The van der Waals surface area contributed by atoms with Gasteiger partial charge in [0.2, 0.25) is 0 Å². The van der Waals surface area contributed by atoms with Gasteiger partial charge in [-0.3, -0.25) is 4.79 Å². The number of pyridine rings is 1. The molecule has 19 heavy (non-hydrogen) atoms. The zero-order valence-electron chi connectivity index (χ0n) is 10.8. The Morgan fingerprint density at radius 1 is 1.21 bits per heavy atom. The highest BCUT2D eigenvalue weighted by Gasteiger charge is 2.15. The lowest BCUT2D eigenvalue weighted by Crippen LogP contribution is -2.26. The van der Waals surface area contributed by atoms with Gasteiger partial charge in [0, 0.05) is 13.2 Å². The van der Waals surface area contributed by atoms with Crippen LogP contribution in [0.2, 0.25) is 0 Å². The third-order valence-corrected chi connectivity index (χ3v) is 2.87. The first-order chi connectivity index (χ1) is 9.31. The molecule has 2 aromatic rings. The van der Waals surface area contributed by atoms with Crippen LogP contribution in [0.25, 0.3) is 0 Å². The van der Waals surface area contributed by atoms with Crippen LogP contribution in [0, 0.1) is 0 Å². The molecular weight excluding hydrogens is 240 g/mol. The first-order valence-corrected chi connectivity index (χ1v) is 6.07. The van der Waals surface area contributed by atoms with Gasteiger partial charge in [0.25, 0.3) is 6.47 Å². The van der Waals surface area contributed by atoms with Crippen molar-refractivity contribution in [2.45, 2.75) is 6.10 Å². The summed E-state index contributed by atoms with van der Waals surface area (Å²) in [6.45, 7) is 1.05. The van der Waals surface area contributed by atoms with Gasteiger partial charge in [-0.25, -0.2) is 4.98 Å². The van der Waals surface area contributed by atoms with Gasteiger partial charge in [-0.2, -0.15) is 0 Å². The third kappa shape index (κ3) is 3.55. The molecule has 0 saturated heterocycles. The van der Waals surface area contributed by atoms with Crippen molar-refractivity contribution in [1.29, 1.82) is 0 Å². The van der Waals surface area contributed by atoms with Crippen LogP contribution < -0.4 is 4.90 Å². The average molecular weight is 256 g/mol. The third-order valence-electron chi connectivity index (χ3n) is 2.87. The molecule has 0 aliphatic carbocycles. The maximum atomic E-state index is 10.7. The Morgan fingerprint density at radius 3 is 2.58 bits per heavy atom. The highest BCUT2D eigenvalue weighted by Crippen LogP contribution is 2.19. The van der Waals surface area contributed by atoms with Crippen LogP contribution in [0.5, 0.6) is 0 Å². The fourth-order valence-electron chi connectivity index (χ4n) is 1.88. The highest BCUT2D eigenvalue weighted by atomic mass is 16.5. The highest BCUT2D eigenvalue weighted by molar-refractivity contribution is 5.41. The van der Waals surface area contributed by atoms with Crippen molar-refractivity contribution in [3.63, 3.8) is 0 Å². The second-order valence-corrected chi connectivity index (χ2v) is 4.20. The second-order valence-electron chi connectivity index (χ2n) is 4.20. The van der Waals surface area contributed by atoms with E-state index in [1.807, 2.05) is 60.5 Å². The quantitative estimate of drug-likeness (QED) is 0.744. The summed E-state index contributed by atoms with van der Waals surface area (Å²) >= 11 is 0. The number of hydrogen-bond acceptors (Lipinski definition) is 4. The molecule has 0 bridgehead atoms. The number of hydrogen-bond donors (Lipinski definition) is 0. The minimum absolute atomic E-state index is 0.300. The van der Waals surface area contributed by atoms with Gasteiger partial charge in [-0.1, -0.05) is 36.4 Å². The smallest absolute Gasteiger partial charge is 0.293 e. The molecule has 0 saturated carbocycles. The number of rotatable bonds is 6. The Bertz CT molecular complexity index is 502. The van der Waals surface area contributed by atoms with Crippen molar-refractivity contribution < 1.29 is 9.53 Å². The molecule has 0 fully saturated rings. The molecule has 98 valence electrons. The molecule has 0 aliphatic heterocycles. The van der Waals surface area contributed by atoms with Crippen LogP contribution in [0.3, 0.4) is 0 Å². The fraction of sp³-hybridized carbons (Fsp3) is 0.200. The molecule has 1 unspecified atom stereocenters. The van der Waals surface area contributed by atoms with Crippen molar-refractivity contribution in [3.05, 3.63) is 60.3 Å². The van der Waals surface area contributed by atoms with Crippen LogP contribution >= 0.6 is 0 Å². The lowest BCUT2D eigenvalue weighted by Gasteiger charge is -2.24. The summed E-state index contributed by atoms with van der Waals surface area (Å²) in [5.41, 5.74) is 0.970. The van der Waals surface area contributed by atoms with Gasteiger partial charge in [0.15, 0.2) is 0 Å². The first-order valence-electron chi connectivity index (χ1n) is 6.07. The van der Waals surface area contributed by atoms with E-state index in [1.165, 1.54) is 0 Å². The lowest BCUT2D eigenvalue weighted by molar-refractivity contribution is -0.133. The number of ether oxygens (including phenoxy) is 1. The normalized spacial score (nSPS) is 11.6. The molecule has 0 N–H and O–H groups in total. The Kier molecular flexibility index (Phi) is 4.50. The largest absolute Gasteiger partial charge is 0.458 e. The van der Waals surface area contributed by atoms with E-state index in [1.54, 1.807) is 6.20 Å². The molecular formula is C15H16N2O2. The number of aromatic nitrogens is 1. The van der Waals surface area contributed by atoms with Gasteiger partial charge >= 0.3 is 0 Å². The maximum absolute atomic E-state index is 10.7. The minimum Gasteiger partial charge on any atom is -0.458 e.